The molecule has 8 rings (SSSR count). The Bertz CT molecular complexity index is 2150. The lowest BCUT2D eigenvalue weighted by atomic mass is 9.87. The Morgan fingerprint density at radius 2 is 1.88 bits per heavy atom. The number of piperidine rings is 1. The average Bonchev–Trinajstić information content (AvgIpc) is 3.82. The number of nitrogens with zero attached hydrogens (tertiary/aromatic N) is 7. The highest BCUT2D eigenvalue weighted by Gasteiger charge is 2.29. The van der Waals surface area contributed by atoms with Crippen LogP contribution in [0.5, 0.6) is 0 Å². The van der Waals surface area contributed by atoms with Crippen LogP contribution in [0.2, 0.25) is 0 Å². The molecular formula is C39H41N9O3S. The highest BCUT2D eigenvalue weighted by atomic mass is 32.1. The second-order valence-corrected chi connectivity index (χ2v) is 15.0. The second-order valence-electron chi connectivity index (χ2n) is 13.9. The summed E-state index contributed by atoms with van der Waals surface area (Å²) < 4.78 is 7.42. The molecule has 3 aliphatic heterocycles. The van der Waals surface area contributed by atoms with E-state index < -0.39 is 0 Å². The molecule has 52 heavy (non-hydrogen) atoms. The maximum atomic E-state index is 12.4. The number of benzene rings is 1. The van der Waals surface area contributed by atoms with Crippen molar-refractivity contribution < 1.29 is 14.3 Å². The number of fused-ring (bicyclic) bond motifs is 2. The highest BCUT2D eigenvalue weighted by molar-refractivity contribution is 7.14. The number of nitrogens with one attached hydrogen (secondary N) is 2. The minimum absolute atomic E-state index is 0.171. The molecule has 2 N–H and O–H groups in total. The third-order valence-corrected chi connectivity index (χ3v) is 11.4. The summed E-state index contributed by atoms with van der Waals surface area (Å²) in [6.07, 6.45) is 11.5. The van der Waals surface area contributed by atoms with Gasteiger partial charge in [0, 0.05) is 57.1 Å². The Balaban J connectivity index is 0.873. The van der Waals surface area contributed by atoms with E-state index in [-0.39, 0.29) is 17.7 Å². The number of aromatic nitrogens is 5. The van der Waals surface area contributed by atoms with Crippen LogP contribution in [-0.2, 0) is 33.7 Å². The van der Waals surface area contributed by atoms with Crippen molar-refractivity contribution in [2.24, 2.45) is 0 Å². The van der Waals surface area contributed by atoms with E-state index >= 15 is 0 Å². The number of nitriles is 1. The third kappa shape index (κ3) is 7.46. The minimum atomic E-state index is -0.228. The molecule has 12 nitrogen and oxygen atoms in total. The van der Waals surface area contributed by atoms with Gasteiger partial charge in [0.1, 0.15) is 11.1 Å². The van der Waals surface area contributed by atoms with Gasteiger partial charge in [-0.1, -0.05) is 36.0 Å². The monoisotopic (exact) mass is 715 g/mol. The average molecular weight is 716 g/mol. The van der Waals surface area contributed by atoms with Gasteiger partial charge in [0.05, 0.1) is 40.1 Å². The van der Waals surface area contributed by atoms with Crippen LogP contribution in [0.4, 0.5) is 5.69 Å². The van der Waals surface area contributed by atoms with Crippen LogP contribution in [0.25, 0.3) is 27.5 Å². The van der Waals surface area contributed by atoms with E-state index in [1.165, 1.54) is 11.1 Å². The Hall–Kier alpha value is -5.03. The molecular weight excluding hydrogens is 675 g/mol. The van der Waals surface area contributed by atoms with Crippen molar-refractivity contribution in [3.63, 3.8) is 0 Å². The van der Waals surface area contributed by atoms with Gasteiger partial charge >= 0.3 is 0 Å². The number of pyridine rings is 1. The first-order chi connectivity index (χ1) is 25.5. The Labute approximate surface area is 306 Å². The summed E-state index contributed by atoms with van der Waals surface area (Å²) in [6.45, 7) is 4.48. The number of unbranched alkanes of at least 4 members (excludes halogenated alkanes) is 2. The maximum absolute atomic E-state index is 12.4. The lowest BCUT2D eigenvalue weighted by Gasteiger charge is -2.30. The van der Waals surface area contributed by atoms with Crippen LogP contribution in [0.1, 0.15) is 78.1 Å². The third-order valence-electron chi connectivity index (χ3n) is 10.4. The molecule has 0 saturated carbocycles. The van der Waals surface area contributed by atoms with Crippen molar-refractivity contribution in [2.45, 2.75) is 76.3 Å². The van der Waals surface area contributed by atoms with Gasteiger partial charge < -0.3 is 10.1 Å². The molecule has 0 aliphatic carbocycles. The van der Waals surface area contributed by atoms with Crippen molar-refractivity contribution >= 4 is 34.4 Å². The summed E-state index contributed by atoms with van der Waals surface area (Å²) in [5.41, 5.74) is 8.60. The minimum Gasteiger partial charge on any atom is -0.381 e. The van der Waals surface area contributed by atoms with E-state index in [9.17, 15) is 14.9 Å². The van der Waals surface area contributed by atoms with Crippen LogP contribution >= 0.6 is 11.3 Å². The van der Waals surface area contributed by atoms with Gasteiger partial charge in [-0.15, -0.1) is 10.2 Å². The molecule has 266 valence electrons. The lowest BCUT2D eigenvalue weighted by Crippen LogP contribution is -2.39. The van der Waals surface area contributed by atoms with E-state index in [2.05, 4.69) is 61.2 Å². The second kappa shape index (κ2) is 15.3. The molecule has 4 aromatic heterocycles. The number of amides is 2. The largest absolute Gasteiger partial charge is 0.381 e. The van der Waals surface area contributed by atoms with Gasteiger partial charge in [-0.2, -0.15) is 10.4 Å². The zero-order chi connectivity index (χ0) is 35.4. The summed E-state index contributed by atoms with van der Waals surface area (Å²) in [4.78, 5) is 31.3. The molecule has 0 bridgehead atoms. The number of ether oxygens (including phenoxy) is 1. The van der Waals surface area contributed by atoms with Gasteiger partial charge in [-0.3, -0.25) is 24.8 Å². The maximum Gasteiger partial charge on any atom is 0.234 e. The number of aryl methyl sites for hydroxylation is 1. The van der Waals surface area contributed by atoms with E-state index in [1.807, 2.05) is 28.9 Å². The van der Waals surface area contributed by atoms with Crippen LogP contribution in [0.3, 0.4) is 0 Å². The Kier molecular flexibility index (Phi) is 10.0. The first kappa shape index (κ1) is 34.1. The molecule has 7 heterocycles. The van der Waals surface area contributed by atoms with Crippen LogP contribution < -0.4 is 10.6 Å². The van der Waals surface area contributed by atoms with Crippen molar-refractivity contribution in [2.75, 3.05) is 31.6 Å². The summed E-state index contributed by atoms with van der Waals surface area (Å²) in [5.74, 6) is -0.572. The molecule has 1 atom stereocenters. The van der Waals surface area contributed by atoms with Crippen molar-refractivity contribution in [1.29, 1.82) is 5.26 Å². The number of carbonyl (C=O) groups is 2. The predicted molar refractivity (Wildman–Crippen MR) is 198 cm³/mol. The number of carbonyl (C=O) groups excluding carboxylic acids is 2. The van der Waals surface area contributed by atoms with Crippen LogP contribution in [0.15, 0.2) is 54.9 Å². The normalized spacial score (nSPS) is 18.2. The number of imide groups is 1. The molecule has 13 heteroatoms. The van der Waals surface area contributed by atoms with E-state index in [4.69, 9.17) is 9.72 Å². The molecule has 3 aliphatic rings. The van der Waals surface area contributed by atoms with Gasteiger partial charge in [0.15, 0.2) is 5.01 Å². The summed E-state index contributed by atoms with van der Waals surface area (Å²) in [6, 6.07) is 16.7. The first-order valence-corrected chi connectivity index (χ1v) is 19.1. The molecule has 1 aromatic carbocycles. The zero-order valence-corrected chi connectivity index (χ0v) is 29.8. The fraction of sp³-hybridized carbons (Fsp3) is 0.410. The molecule has 5 aromatic rings. The summed E-state index contributed by atoms with van der Waals surface area (Å²) in [5, 5.41) is 31.1. The lowest BCUT2D eigenvalue weighted by molar-refractivity contribution is -0.134. The number of hydrogen-bond donors (Lipinski definition) is 2. The fourth-order valence-electron chi connectivity index (χ4n) is 7.50. The van der Waals surface area contributed by atoms with Gasteiger partial charge in [0.25, 0.3) is 0 Å². The van der Waals surface area contributed by atoms with Gasteiger partial charge in [0.2, 0.25) is 11.8 Å². The van der Waals surface area contributed by atoms with E-state index in [0.29, 0.717) is 24.4 Å². The van der Waals surface area contributed by atoms with Crippen LogP contribution in [0, 0.1) is 11.3 Å². The molecule has 0 spiro atoms. The van der Waals surface area contributed by atoms with Gasteiger partial charge in [-0.05, 0) is 86.0 Å². The van der Waals surface area contributed by atoms with Crippen LogP contribution in [-0.4, -0.2) is 73.9 Å². The molecule has 0 unspecified atom stereocenters. The topological polar surface area (TPSA) is 150 Å². The number of anilines is 1. The molecule has 2 fully saturated rings. The van der Waals surface area contributed by atoms with Gasteiger partial charge in [-0.25, -0.2) is 4.52 Å². The number of hydrogen-bond acceptors (Lipinski definition) is 11. The first-order valence-electron chi connectivity index (χ1n) is 18.2. The SMILES string of the molecule is N#Cc1cnn2c(-c3cc(NC4CCOCC4)c(-c4nnc(CCCCCN5CCc6cc([C@@H]7CCC(=O)NC7=O)ccc6C5)s4)cn3)ccc2c1. The smallest absolute Gasteiger partial charge is 0.234 e. The van der Waals surface area contributed by atoms with E-state index in [0.717, 1.165) is 122 Å². The summed E-state index contributed by atoms with van der Waals surface area (Å²) in [7, 11) is 0. The predicted octanol–water partition coefficient (Wildman–Crippen LogP) is 5.67. The molecule has 0 radical (unpaired) electrons. The molecule has 2 saturated heterocycles. The fourth-order valence-corrected chi connectivity index (χ4v) is 8.41. The van der Waals surface area contributed by atoms with E-state index in [1.54, 1.807) is 17.5 Å². The number of rotatable bonds is 11. The quantitative estimate of drug-likeness (QED) is 0.129. The highest BCUT2D eigenvalue weighted by Crippen LogP contribution is 2.35. The standard InChI is InChI=1S/C39H41N9O3S/c40-21-25-18-30-7-9-35(48(30)42-22-25)34-20-33(43-29-12-16-51-17-13-29)32(23-41-34)39-46-45-37(52-39)4-2-1-3-14-47-15-11-26-19-27(5-6-28(26)24-47)31-8-10-36(49)44-38(31)50/h5-7,9,18-20,22-23,29,31H,1-4,8,10-17,24H2,(H,41,43)(H,44,49,50)/t31-/m0/s1. The zero-order valence-electron chi connectivity index (χ0n) is 29.0. The Morgan fingerprint density at radius 3 is 2.75 bits per heavy atom. The van der Waals surface area contributed by atoms with Crippen molar-refractivity contribution in [3.8, 4) is 28.0 Å². The van der Waals surface area contributed by atoms with Crippen molar-refractivity contribution in [3.05, 3.63) is 82.1 Å². The Morgan fingerprint density at radius 1 is 0.981 bits per heavy atom. The molecule has 2 amide bonds. The van der Waals surface area contributed by atoms with Crippen molar-refractivity contribution in [1.82, 2.24) is 35.0 Å². The summed E-state index contributed by atoms with van der Waals surface area (Å²) >= 11 is 1.63.